The van der Waals surface area contributed by atoms with Crippen molar-refractivity contribution < 1.29 is 152 Å². The summed E-state index contributed by atoms with van der Waals surface area (Å²) in [6, 6.07) is -2.45. The summed E-state index contributed by atoms with van der Waals surface area (Å²) in [5, 5.41) is 158. The van der Waals surface area contributed by atoms with Gasteiger partial charge in [0.15, 0.2) is 37.7 Å². The molecule has 36 nitrogen and oxygen atoms in total. The first-order chi connectivity index (χ1) is 47.2. The monoisotopic (exact) mass is 1420 g/mol. The molecule has 1 aromatic rings. The highest BCUT2D eigenvalue weighted by atomic mass is 16.8. The third-order valence-corrected chi connectivity index (χ3v) is 17.8. The van der Waals surface area contributed by atoms with Crippen molar-refractivity contribution >= 4 is 29.5 Å². The number of carbonyl (C=O) groups is 5. The molecule has 18 N–H and O–H groups in total. The van der Waals surface area contributed by atoms with Crippen LogP contribution in [0, 0.1) is 0 Å². The number of carbonyl (C=O) groups excluding carboxylic acids is 5. The molecule has 0 bridgehead atoms. The largest absolute Gasteiger partial charge is 0.494 e. The summed E-state index contributed by atoms with van der Waals surface area (Å²) in [6.07, 6.45) is -32.0. The molecular weight excluding hydrogens is 1320 g/mol. The van der Waals surface area contributed by atoms with Crippen molar-refractivity contribution in [1.82, 2.24) is 26.6 Å². The molecule has 564 valence electrons. The molecule has 6 heterocycles. The van der Waals surface area contributed by atoms with Gasteiger partial charge in [0.2, 0.25) is 23.6 Å². The minimum Gasteiger partial charge on any atom is -0.494 e. The van der Waals surface area contributed by atoms with Crippen LogP contribution in [0.15, 0.2) is 36.4 Å². The van der Waals surface area contributed by atoms with Crippen LogP contribution in [-0.2, 0) is 76.0 Å². The predicted octanol–water partition coefficient (Wildman–Crippen LogP) is -6.72. The summed E-state index contributed by atoms with van der Waals surface area (Å²) in [7, 11) is 1.21. The lowest BCUT2D eigenvalue weighted by Crippen LogP contribution is -2.72. The van der Waals surface area contributed by atoms with Crippen LogP contribution in [0.25, 0.3) is 0 Å². The topological polar surface area (TPSA) is 528 Å². The Morgan fingerprint density at radius 2 is 0.899 bits per heavy atom. The molecule has 99 heavy (non-hydrogen) atoms. The summed E-state index contributed by atoms with van der Waals surface area (Å²) in [6.45, 7) is 3.52. The second-order valence-electron chi connectivity index (χ2n) is 25.3. The minimum atomic E-state index is -2.07. The van der Waals surface area contributed by atoms with Gasteiger partial charge in [-0.05, 0) is 50.8 Å². The van der Waals surface area contributed by atoms with Gasteiger partial charge < -0.3 is 155 Å². The van der Waals surface area contributed by atoms with E-state index < -0.39 is 246 Å². The first-order valence-electron chi connectivity index (χ1n) is 33.2. The van der Waals surface area contributed by atoms with Gasteiger partial charge in [0.05, 0.1) is 45.7 Å². The zero-order valence-corrected chi connectivity index (χ0v) is 56.1. The fourth-order valence-corrected chi connectivity index (χ4v) is 12.7. The van der Waals surface area contributed by atoms with Gasteiger partial charge in [0.1, 0.15) is 146 Å². The maximum atomic E-state index is 14.0. The van der Waals surface area contributed by atoms with E-state index in [-0.39, 0.29) is 5.56 Å². The summed E-state index contributed by atoms with van der Waals surface area (Å²) in [5.74, 6) is -3.67. The zero-order valence-electron chi connectivity index (χ0n) is 56.1. The number of allylic oxidation sites excluding steroid dienone is 2. The Bertz CT molecular complexity index is 2730. The Hall–Kier alpha value is -4.89. The minimum absolute atomic E-state index is 0.0482. The molecule has 1 aromatic carbocycles. The number of aliphatic hydroxyl groups excluding tert-OH is 13. The van der Waals surface area contributed by atoms with Crippen molar-refractivity contribution in [3.8, 4) is 5.75 Å². The Labute approximate surface area is 571 Å². The van der Waals surface area contributed by atoms with Gasteiger partial charge in [-0.15, -0.1) is 0 Å². The number of methoxy groups -OCH3 is 1. The molecule has 7 rings (SSSR count). The number of benzene rings is 1. The summed E-state index contributed by atoms with van der Waals surface area (Å²) in [5.41, 5.74) is 0.0482. The molecule has 5 amide bonds. The molecule has 14 unspecified atom stereocenters. The van der Waals surface area contributed by atoms with Crippen LogP contribution in [0.4, 0.5) is 0 Å². The summed E-state index contributed by atoms with van der Waals surface area (Å²) < 4.78 is 77.9. The molecule has 0 saturated carbocycles. The van der Waals surface area contributed by atoms with E-state index in [9.17, 15) is 90.4 Å². The number of hydrogen-bond acceptors (Lipinski definition) is 31. The van der Waals surface area contributed by atoms with E-state index in [0.717, 1.165) is 53.4 Å². The van der Waals surface area contributed by atoms with Crippen LogP contribution in [-0.4, -0.2) is 327 Å². The number of aliphatic hydroxyl groups is 13. The molecular formula is C63H101N5O31. The van der Waals surface area contributed by atoms with Crippen molar-refractivity contribution in [2.45, 2.75) is 270 Å². The van der Waals surface area contributed by atoms with Gasteiger partial charge in [0, 0.05) is 40.4 Å². The molecule has 6 fully saturated rings. The Morgan fingerprint density at radius 3 is 1.35 bits per heavy atom. The average molecular weight is 1420 g/mol. The van der Waals surface area contributed by atoms with Crippen molar-refractivity contribution in [2.75, 3.05) is 46.8 Å². The van der Waals surface area contributed by atoms with Crippen molar-refractivity contribution in [1.29, 1.82) is 0 Å². The Balaban J connectivity index is 1.07. The SMILES string of the molecule is CCCCCC/C=C\CCCOc1cccc(C(=O)N[C@@H]2C(O[C@H]3C(O)C(NC(C)=O)C(OC4C(CO)O[C@@H](O[C@H]5C(O)C(NC(C)=O)[C@H](OC6C(CO[C@@H]7OC(C)C(O)[C@H](O)[C@H]7OC)OC(O)[C@@H](NC(C)=O)[C@H]6O)O[C@H]5CO)[C@@H](NC(C)=O)[C@H]4O)O[C@H]3CO)OC(CO)[C@@H](O)[C@@H]2O)c1. The number of nitrogens with one attached hydrogen (secondary N) is 5. The second kappa shape index (κ2) is 38.6. The van der Waals surface area contributed by atoms with Gasteiger partial charge in [-0.1, -0.05) is 44.4 Å². The first-order valence-corrected chi connectivity index (χ1v) is 33.2. The molecule has 6 aliphatic heterocycles. The van der Waals surface area contributed by atoms with E-state index in [1.54, 1.807) is 12.1 Å². The van der Waals surface area contributed by atoms with Crippen LogP contribution < -0.4 is 31.3 Å². The second-order valence-corrected chi connectivity index (χ2v) is 25.3. The molecule has 30 atom stereocenters. The molecule has 0 spiro atoms. The Morgan fingerprint density at radius 1 is 0.465 bits per heavy atom. The predicted molar refractivity (Wildman–Crippen MR) is 333 cm³/mol. The van der Waals surface area contributed by atoms with Gasteiger partial charge >= 0.3 is 0 Å². The fourth-order valence-electron chi connectivity index (χ4n) is 12.7. The highest BCUT2D eigenvalue weighted by Crippen LogP contribution is 2.37. The van der Waals surface area contributed by atoms with Crippen LogP contribution >= 0.6 is 0 Å². The van der Waals surface area contributed by atoms with E-state index in [1.165, 1.54) is 39.0 Å². The molecule has 6 saturated heterocycles. The zero-order chi connectivity index (χ0) is 72.5. The maximum absolute atomic E-state index is 14.0. The van der Waals surface area contributed by atoms with E-state index in [4.69, 9.17) is 61.6 Å². The number of amides is 5. The van der Waals surface area contributed by atoms with E-state index in [2.05, 4.69) is 45.7 Å². The van der Waals surface area contributed by atoms with Crippen LogP contribution in [0.3, 0.4) is 0 Å². The van der Waals surface area contributed by atoms with E-state index in [0.29, 0.717) is 18.8 Å². The highest BCUT2D eigenvalue weighted by Gasteiger charge is 2.58. The normalized spacial score (nSPS) is 39.6. The van der Waals surface area contributed by atoms with Gasteiger partial charge in [-0.25, -0.2) is 0 Å². The summed E-state index contributed by atoms with van der Waals surface area (Å²) >= 11 is 0. The van der Waals surface area contributed by atoms with E-state index >= 15 is 0 Å². The third-order valence-electron chi connectivity index (χ3n) is 17.8. The molecule has 36 heteroatoms. The lowest BCUT2D eigenvalue weighted by Gasteiger charge is -2.51. The maximum Gasteiger partial charge on any atom is 0.251 e. The highest BCUT2D eigenvalue weighted by molar-refractivity contribution is 5.94. The lowest BCUT2D eigenvalue weighted by molar-refractivity contribution is -0.368. The third kappa shape index (κ3) is 20.9. The lowest BCUT2D eigenvalue weighted by atomic mass is 9.93. The summed E-state index contributed by atoms with van der Waals surface area (Å²) in [4.78, 5) is 65.1. The standard InChI is InChI=1S/C63H101N5O31/c1-8-9-10-11-12-13-14-15-16-20-88-33-19-17-18-32(21-33)57(85)68-40-46(79)45(78)34(22-69)92-59(40)96-52-35(23-70)93-60(41(48(52)81)65-29(4)74)97-53-36(24-71)94-61(42(49(53)82)66-30(5)75)98-54-37(25-72)95-62(43(50(54)83)67-31(6)76)99-55-38(91-58(86)39(47(55)80)64-28(3)73)26-89-63-56(87-7)51(84)44(77)27(2)90-63/h13-14,17-19,21,27,34-56,58-63,69-72,77-84,86H,8-12,15-16,20,22-26H2,1-7H3,(H,64,73)(H,65,74)(H,66,75)(H,67,76)(H,68,85)/b14-13-/t27?,34?,35-,36?,37-,38?,39-,40-,41?,42-,43?,44?,45+,46+,47+,48?,49+,50?,51-,52+,53?,54+,55?,56+,58?,59?,60?,61-,62-,63+/m0/s1. The smallest absolute Gasteiger partial charge is 0.251 e. The van der Waals surface area contributed by atoms with Crippen LogP contribution in [0.1, 0.15) is 96.8 Å². The molecule has 0 aromatic heterocycles. The van der Waals surface area contributed by atoms with Crippen LogP contribution in [0.2, 0.25) is 0 Å². The van der Waals surface area contributed by atoms with Crippen LogP contribution in [0.5, 0.6) is 5.75 Å². The van der Waals surface area contributed by atoms with E-state index in [1.807, 2.05) is 0 Å². The fraction of sp³-hybridized carbons (Fsp3) is 0.794. The number of unbranched alkanes of at least 4 members (excludes halogenated alkanes) is 5. The quantitative estimate of drug-likeness (QED) is 0.0235. The van der Waals surface area contributed by atoms with Gasteiger partial charge in [0.25, 0.3) is 5.91 Å². The first kappa shape index (κ1) is 81.4. The van der Waals surface area contributed by atoms with Crippen molar-refractivity contribution in [2.24, 2.45) is 0 Å². The molecule has 0 radical (unpaired) electrons. The Kier molecular flexibility index (Phi) is 31.7. The number of rotatable bonds is 32. The van der Waals surface area contributed by atoms with Gasteiger partial charge in [-0.2, -0.15) is 0 Å². The van der Waals surface area contributed by atoms with Crippen molar-refractivity contribution in [3.05, 3.63) is 42.0 Å². The van der Waals surface area contributed by atoms with Crippen molar-refractivity contribution in [3.63, 3.8) is 0 Å². The average Bonchev–Trinajstić information content (AvgIpc) is 0.771. The molecule has 0 aliphatic carbocycles. The molecule has 6 aliphatic rings. The number of hydrogen-bond donors (Lipinski definition) is 18. The van der Waals surface area contributed by atoms with Gasteiger partial charge in [-0.3, -0.25) is 24.0 Å². The number of ether oxygens (including phenoxy) is 13.